The van der Waals surface area contributed by atoms with Crippen LogP contribution in [0.1, 0.15) is 0 Å². The van der Waals surface area contributed by atoms with Crippen molar-refractivity contribution in [3.8, 4) is 44.8 Å². The van der Waals surface area contributed by atoms with Gasteiger partial charge in [0.15, 0.2) is 5.58 Å². The van der Waals surface area contributed by atoms with E-state index in [1.807, 2.05) is 24.3 Å². The lowest BCUT2D eigenvalue weighted by Crippen LogP contribution is -2.09. The van der Waals surface area contributed by atoms with Crippen LogP contribution in [0.4, 0.5) is 17.1 Å². The summed E-state index contributed by atoms with van der Waals surface area (Å²) in [5, 5.41) is 4.30. The van der Waals surface area contributed by atoms with Crippen molar-refractivity contribution >= 4 is 60.9 Å². The van der Waals surface area contributed by atoms with Crippen molar-refractivity contribution in [2.45, 2.75) is 0 Å². The van der Waals surface area contributed by atoms with Crippen LogP contribution < -0.4 is 4.90 Å². The van der Waals surface area contributed by atoms with Crippen LogP contribution in [0, 0.1) is 0 Å². The van der Waals surface area contributed by atoms with E-state index in [-0.39, 0.29) is 0 Å². The van der Waals surface area contributed by atoms with E-state index in [4.69, 9.17) is 13.8 Å². The number of rotatable bonds is 7. The average Bonchev–Trinajstić information content (AvgIpc) is 3.90. The Labute approximate surface area is 329 Å². The van der Waals surface area contributed by atoms with Crippen LogP contribution in [0.2, 0.25) is 0 Å². The molecule has 11 aromatic rings. The third kappa shape index (κ3) is 5.83. The zero-order valence-corrected chi connectivity index (χ0v) is 30.8. The molecule has 0 spiro atoms. The summed E-state index contributed by atoms with van der Waals surface area (Å²) in [7, 11) is 0. The number of hydrogen-bond donors (Lipinski definition) is 0. The fourth-order valence-electron chi connectivity index (χ4n) is 8.04. The molecule has 268 valence electrons. The number of aromatic nitrogens is 1. The van der Waals surface area contributed by atoms with E-state index >= 15 is 0 Å². The van der Waals surface area contributed by atoms with Crippen molar-refractivity contribution in [1.29, 1.82) is 0 Å². The Balaban J connectivity index is 0.973. The van der Waals surface area contributed by atoms with Crippen molar-refractivity contribution in [2.75, 3.05) is 4.90 Å². The number of hydrogen-bond acceptors (Lipinski definition) is 4. The van der Waals surface area contributed by atoms with Crippen molar-refractivity contribution < 1.29 is 8.83 Å². The summed E-state index contributed by atoms with van der Waals surface area (Å²) in [6.07, 6.45) is 0. The third-order valence-corrected chi connectivity index (χ3v) is 10.9. The zero-order chi connectivity index (χ0) is 37.7. The topological polar surface area (TPSA) is 42.4 Å². The molecule has 0 fully saturated rings. The van der Waals surface area contributed by atoms with E-state index in [0.717, 1.165) is 72.2 Å². The van der Waals surface area contributed by atoms with Gasteiger partial charge >= 0.3 is 0 Å². The second-order valence-electron chi connectivity index (χ2n) is 14.4. The van der Waals surface area contributed by atoms with Gasteiger partial charge in [-0.3, -0.25) is 0 Å². The molecule has 0 aliphatic heterocycles. The van der Waals surface area contributed by atoms with Gasteiger partial charge in [0.1, 0.15) is 16.7 Å². The summed E-state index contributed by atoms with van der Waals surface area (Å²) in [5.74, 6) is 0.587. The summed E-state index contributed by atoms with van der Waals surface area (Å²) in [6, 6.07) is 72.2. The third-order valence-electron chi connectivity index (χ3n) is 10.9. The van der Waals surface area contributed by atoms with Crippen molar-refractivity contribution in [1.82, 2.24) is 4.98 Å². The van der Waals surface area contributed by atoms with E-state index in [0.29, 0.717) is 5.89 Å². The van der Waals surface area contributed by atoms with Crippen LogP contribution in [-0.2, 0) is 0 Å². The average molecular weight is 731 g/mol. The highest BCUT2D eigenvalue weighted by Gasteiger charge is 2.21. The molecule has 11 rings (SSSR count). The molecule has 0 saturated heterocycles. The van der Waals surface area contributed by atoms with Gasteiger partial charge in [0, 0.05) is 33.6 Å². The summed E-state index contributed by atoms with van der Waals surface area (Å²) < 4.78 is 13.2. The first-order chi connectivity index (χ1) is 28.2. The maximum absolute atomic E-state index is 6.62. The van der Waals surface area contributed by atoms with Gasteiger partial charge in [0.2, 0.25) is 5.89 Å². The van der Waals surface area contributed by atoms with Crippen molar-refractivity contribution in [2.24, 2.45) is 0 Å². The molecule has 57 heavy (non-hydrogen) atoms. The smallest absolute Gasteiger partial charge is 0.227 e. The number of benzene rings is 9. The Morgan fingerprint density at radius 3 is 1.60 bits per heavy atom. The molecule has 0 bridgehead atoms. The maximum atomic E-state index is 6.62. The van der Waals surface area contributed by atoms with Crippen LogP contribution in [0.25, 0.3) is 88.6 Å². The molecule has 9 aromatic carbocycles. The first-order valence-corrected chi connectivity index (χ1v) is 19.2. The standard InChI is InChI=1S/C53H34N2O2/c1-3-11-35(12-4-1)37-19-21-38(22-20-37)39-25-29-44(30-26-39)55(43-15-5-2-6-16-43)45-31-27-40(28-32-45)47-34-49-51(50-46-17-9-10-18-48(46)56-52(47)50)54-53(57-49)42-24-23-36-13-7-8-14-41(36)33-42/h1-34H. The predicted octanol–water partition coefficient (Wildman–Crippen LogP) is 15.0. The number of furan rings is 1. The molecule has 0 atom stereocenters. The Kier molecular flexibility index (Phi) is 7.78. The minimum absolute atomic E-state index is 0.587. The highest BCUT2D eigenvalue weighted by atomic mass is 16.4. The predicted molar refractivity (Wildman–Crippen MR) is 235 cm³/mol. The summed E-state index contributed by atoms with van der Waals surface area (Å²) in [5.41, 5.74) is 14.0. The summed E-state index contributed by atoms with van der Waals surface area (Å²) in [6.45, 7) is 0. The van der Waals surface area contributed by atoms with Gasteiger partial charge in [0.25, 0.3) is 0 Å². The molecule has 2 aromatic heterocycles. The van der Waals surface area contributed by atoms with Crippen LogP contribution in [0.3, 0.4) is 0 Å². The van der Waals surface area contributed by atoms with E-state index < -0.39 is 0 Å². The Morgan fingerprint density at radius 1 is 0.368 bits per heavy atom. The van der Waals surface area contributed by atoms with Gasteiger partial charge in [-0.1, -0.05) is 146 Å². The van der Waals surface area contributed by atoms with Gasteiger partial charge in [0.05, 0.1) is 5.39 Å². The molecule has 4 heteroatoms. The first-order valence-electron chi connectivity index (χ1n) is 19.2. The molecule has 0 unspecified atom stereocenters. The maximum Gasteiger partial charge on any atom is 0.227 e. The molecule has 0 aliphatic rings. The number of nitrogens with zero attached hydrogens (tertiary/aromatic N) is 2. The highest BCUT2D eigenvalue weighted by molar-refractivity contribution is 6.20. The molecule has 0 radical (unpaired) electrons. The largest absolute Gasteiger partial charge is 0.455 e. The molecular formula is C53H34N2O2. The van der Waals surface area contributed by atoms with E-state index in [2.05, 4.69) is 187 Å². The summed E-state index contributed by atoms with van der Waals surface area (Å²) in [4.78, 5) is 7.38. The van der Waals surface area contributed by atoms with Gasteiger partial charge in [-0.2, -0.15) is 0 Å². The minimum Gasteiger partial charge on any atom is -0.455 e. The second-order valence-corrected chi connectivity index (χ2v) is 14.4. The van der Waals surface area contributed by atoms with Crippen LogP contribution in [0.5, 0.6) is 0 Å². The van der Waals surface area contributed by atoms with Crippen molar-refractivity contribution in [3.05, 3.63) is 206 Å². The van der Waals surface area contributed by atoms with Crippen LogP contribution in [0.15, 0.2) is 215 Å². The quantitative estimate of drug-likeness (QED) is 0.164. The lowest BCUT2D eigenvalue weighted by atomic mass is 9.99. The van der Waals surface area contributed by atoms with Crippen LogP contribution in [-0.4, -0.2) is 4.98 Å². The lowest BCUT2D eigenvalue weighted by Gasteiger charge is -2.26. The number of para-hydroxylation sites is 2. The minimum atomic E-state index is 0.587. The Hall–Kier alpha value is -7.69. The Morgan fingerprint density at radius 2 is 0.895 bits per heavy atom. The highest BCUT2D eigenvalue weighted by Crippen LogP contribution is 2.43. The molecule has 0 N–H and O–H groups in total. The molecule has 4 nitrogen and oxygen atoms in total. The number of anilines is 3. The molecular weight excluding hydrogens is 697 g/mol. The van der Waals surface area contributed by atoms with Gasteiger partial charge in [-0.15, -0.1) is 0 Å². The Bertz CT molecular complexity index is 3200. The second kappa shape index (κ2) is 13.6. The SMILES string of the molecule is c1ccc(-c2ccc(-c3ccc(N(c4ccccc4)c4ccc(-c5cc6oc(-c7ccc8ccccc8c7)nc6c6c5oc5ccccc56)cc4)cc3)cc2)cc1. The van der Waals surface area contributed by atoms with Gasteiger partial charge in [-0.25, -0.2) is 4.98 Å². The van der Waals surface area contributed by atoms with Crippen LogP contribution >= 0.6 is 0 Å². The fourth-order valence-corrected chi connectivity index (χ4v) is 8.04. The molecule has 0 saturated carbocycles. The van der Waals surface area contributed by atoms with E-state index in [1.165, 1.54) is 27.6 Å². The molecule has 0 amide bonds. The zero-order valence-electron chi connectivity index (χ0n) is 30.8. The summed E-state index contributed by atoms with van der Waals surface area (Å²) >= 11 is 0. The molecule has 0 aliphatic carbocycles. The van der Waals surface area contributed by atoms with E-state index in [9.17, 15) is 0 Å². The molecule has 2 heterocycles. The number of oxazole rings is 1. The van der Waals surface area contributed by atoms with Crippen molar-refractivity contribution in [3.63, 3.8) is 0 Å². The van der Waals surface area contributed by atoms with E-state index in [1.54, 1.807) is 0 Å². The van der Waals surface area contributed by atoms with Gasteiger partial charge < -0.3 is 13.7 Å². The van der Waals surface area contributed by atoms with Gasteiger partial charge in [-0.05, 0) is 99.3 Å². The fraction of sp³-hybridized carbons (Fsp3) is 0. The number of fused-ring (bicyclic) bond motifs is 6. The normalized spacial score (nSPS) is 11.5. The monoisotopic (exact) mass is 730 g/mol. The first kappa shape index (κ1) is 32.7. The lowest BCUT2D eigenvalue weighted by molar-refractivity contribution is 0.620.